The van der Waals surface area contributed by atoms with Crippen molar-refractivity contribution in [3.63, 3.8) is 0 Å². The Labute approximate surface area is 112 Å². The summed E-state index contributed by atoms with van der Waals surface area (Å²) in [5.74, 6) is 0. The molecule has 1 aromatic rings. The van der Waals surface area contributed by atoms with Crippen LogP contribution in [0.4, 0.5) is 5.69 Å². The molecule has 1 rings (SSSR count). The molecule has 0 saturated heterocycles. The van der Waals surface area contributed by atoms with Crippen molar-refractivity contribution in [2.45, 2.75) is 26.3 Å². The Hall–Kier alpha value is -1.06. The van der Waals surface area contributed by atoms with Crippen molar-refractivity contribution < 1.29 is 0 Å². The first kappa shape index (κ1) is 15.0. The second-order valence-electron chi connectivity index (χ2n) is 5.01. The zero-order valence-corrected chi connectivity index (χ0v) is 12.0. The molecule has 0 aliphatic carbocycles. The summed E-state index contributed by atoms with van der Waals surface area (Å²) in [4.78, 5) is 4.70. The normalized spacial score (nSPS) is 10.9. The Morgan fingerprint density at radius 1 is 1.00 bits per heavy atom. The van der Waals surface area contributed by atoms with Crippen LogP contribution in [0.3, 0.4) is 0 Å². The highest BCUT2D eigenvalue weighted by Gasteiger charge is 2.05. The lowest BCUT2D eigenvalue weighted by Gasteiger charge is -2.25. The zero-order chi connectivity index (χ0) is 13.4. The van der Waals surface area contributed by atoms with Crippen molar-refractivity contribution in [1.29, 1.82) is 0 Å². The van der Waals surface area contributed by atoms with Crippen LogP contribution in [0.2, 0.25) is 0 Å². The molecule has 0 radical (unpaired) electrons. The minimum absolute atomic E-state index is 0.620. The van der Waals surface area contributed by atoms with Gasteiger partial charge in [0.25, 0.3) is 0 Å². The standard InChI is InChI=1S/C15H27N3/c1-4-10-18(12-5-11-17(2)3)15-8-6-14(13-16)7-9-15/h6-9H,4-5,10-13,16H2,1-3H3. The lowest BCUT2D eigenvalue weighted by molar-refractivity contribution is 0.400. The molecule has 0 saturated carbocycles. The lowest BCUT2D eigenvalue weighted by Crippen LogP contribution is -2.28. The van der Waals surface area contributed by atoms with Gasteiger partial charge in [-0.05, 0) is 51.2 Å². The fourth-order valence-corrected chi connectivity index (χ4v) is 2.06. The van der Waals surface area contributed by atoms with Crippen LogP contribution in [0.1, 0.15) is 25.3 Å². The minimum Gasteiger partial charge on any atom is -0.371 e. The molecule has 0 aliphatic rings. The molecule has 0 aromatic heterocycles. The van der Waals surface area contributed by atoms with Crippen molar-refractivity contribution in [1.82, 2.24) is 4.90 Å². The molecule has 0 fully saturated rings. The van der Waals surface area contributed by atoms with Crippen LogP contribution in [0.25, 0.3) is 0 Å². The molecule has 0 bridgehead atoms. The number of hydrogen-bond donors (Lipinski definition) is 1. The van der Waals surface area contributed by atoms with Crippen molar-refractivity contribution in [3.05, 3.63) is 29.8 Å². The van der Waals surface area contributed by atoms with Gasteiger partial charge in [0, 0.05) is 25.3 Å². The summed E-state index contributed by atoms with van der Waals surface area (Å²) >= 11 is 0. The maximum absolute atomic E-state index is 5.63. The average molecular weight is 249 g/mol. The smallest absolute Gasteiger partial charge is 0.0366 e. The molecular formula is C15H27N3. The number of hydrogen-bond acceptors (Lipinski definition) is 3. The van der Waals surface area contributed by atoms with E-state index in [-0.39, 0.29) is 0 Å². The first-order valence-corrected chi connectivity index (χ1v) is 6.86. The highest BCUT2D eigenvalue weighted by molar-refractivity contribution is 5.47. The van der Waals surface area contributed by atoms with E-state index in [4.69, 9.17) is 5.73 Å². The SMILES string of the molecule is CCCN(CCCN(C)C)c1ccc(CN)cc1. The van der Waals surface area contributed by atoms with Crippen molar-refractivity contribution in [2.75, 3.05) is 38.6 Å². The third-order valence-electron chi connectivity index (χ3n) is 3.06. The summed E-state index contributed by atoms with van der Waals surface area (Å²) in [5, 5.41) is 0. The van der Waals surface area contributed by atoms with Crippen LogP contribution < -0.4 is 10.6 Å². The number of rotatable bonds is 8. The van der Waals surface area contributed by atoms with E-state index in [1.165, 1.54) is 24.1 Å². The average Bonchev–Trinajstić information content (AvgIpc) is 2.37. The van der Waals surface area contributed by atoms with Crippen LogP contribution in [-0.2, 0) is 6.54 Å². The molecule has 3 heteroatoms. The fourth-order valence-electron chi connectivity index (χ4n) is 2.06. The molecule has 0 unspecified atom stereocenters. The molecule has 0 amide bonds. The summed E-state index contributed by atoms with van der Waals surface area (Å²) in [6.07, 6.45) is 2.38. The molecule has 2 N–H and O–H groups in total. The monoisotopic (exact) mass is 249 g/mol. The first-order valence-electron chi connectivity index (χ1n) is 6.86. The molecule has 102 valence electrons. The molecular weight excluding hydrogens is 222 g/mol. The summed E-state index contributed by atoms with van der Waals surface area (Å²) in [6.45, 7) is 6.23. The molecule has 0 heterocycles. The summed E-state index contributed by atoms with van der Waals surface area (Å²) < 4.78 is 0. The molecule has 18 heavy (non-hydrogen) atoms. The third kappa shape index (κ3) is 5.07. The Balaban J connectivity index is 2.58. The molecule has 0 spiro atoms. The van der Waals surface area contributed by atoms with Gasteiger partial charge < -0.3 is 15.5 Å². The number of anilines is 1. The van der Waals surface area contributed by atoms with Gasteiger partial charge in [-0.1, -0.05) is 19.1 Å². The Kier molecular flexibility index (Phi) is 6.76. The Morgan fingerprint density at radius 3 is 2.17 bits per heavy atom. The predicted octanol–water partition coefficient (Wildman–Crippen LogP) is 2.31. The minimum atomic E-state index is 0.620. The Morgan fingerprint density at radius 2 is 1.67 bits per heavy atom. The summed E-state index contributed by atoms with van der Waals surface area (Å²) in [6, 6.07) is 8.63. The van der Waals surface area contributed by atoms with E-state index in [1.54, 1.807) is 0 Å². The van der Waals surface area contributed by atoms with Crippen molar-refractivity contribution in [3.8, 4) is 0 Å². The second kappa shape index (κ2) is 8.11. The molecule has 0 atom stereocenters. The van der Waals surface area contributed by atoms with E-state index in [2.05, 4.69) is 55.1 Å². The van der Waals surface area contributed by atoms with Crippen LogP contribution >= 0.6 is 0 Å². The van der Waals surface area contributed by atoms with Gasteiger partial charge in [-0.3, -0.25) is 0 Å². The van der Waals surface area contributed by atoms with E-state index in [9.17, 15) is 0 Å². The topological polar surface area (TPSA) is 32.5 Å². The van der Waals surface area contributed by atoms with Crippen LogP contribution in [-0.4, -0.2) is 38.6 Å². The maximum atomic E-state index is 5.63. The molecule has 1 aromatic carbocycles. The number of nitrogens with zero attached hydrogens (tertiary/aromatic N) is 2. The van der Waals surface area contributed by atoms with Crippen molar-refractivity contribution in [2.24, 2.45) is 5.73 Å². The van der Waals surface area contributed by atoms with Crippen LogP contribution in [0.5, 0.6) is 0 Å². The summed E-state index contributed by atoms with van der Waals surface area (Å²) in [7, 11) is 4.25. The van der Waals surface area contributed by atoms with Gasteiger partial charge in [0.15, 0.2) is 0 Å². The predicted molar refractivity (Wildman–Crippen MR) is 80.0 cm³/mol. The van der Waals surface area contributed by atoms with Gasteiger partial charge in [-0.25, -0.2) is 0 Å². The van der Waals surface area contributed by atoms with E-state index in [1.807, 2.05) is 0 Å². The highest BCUT2D eigenvalue weighted by Crippen LogP contribution is 2.16. The fraction of sp³-hybridized carbons (Fsp3) is 0.600. The lowest BCUT2D eigenvalue weighted by atomic mass is 10.2. The summed E-state index contributed by atoms with van der Waals surface area (Å²) in [5.41, 5.74) is 8.14. The molecule has 3 nitrogen and oxygen atoms in total. The second-order valence-corrected chi connectivity index (χ2v) is 5.01. The van der Waals surface area contributed by atoms with E-state index in [0.29, 0.717) is 6.54 Å². The van der Waals surface area contributed by atoms with E-state index in [0.717, 1.165) is 19.6 Å². The van der Waals surface area contributed by atoms with Gasteiger partial charge in [-0.15, -0.1) is 0 Å². The van der Waals surface area contributed by atoms with Gasteiger partial charge in [0.05, 0.1) is 0 Å². The van der Waals surface area contributed by atoms with Crippen LogP contribution in [0.15, 0.2) is 24.3 Å². The van der Waals surface area contributed by atoms with E-state index >= 15 is 0 Å². The van der Waals surface area contributed by atoms with Gasteiger partial charge in [-0.2, -0.15) is 0 Å². The van der Waals surface area contributed by atoms with Gasteiger partial charge in [0.2, 0.25) is 0 Å². The first-order chi connectivity index (χ1) is 8.67. The quantitative estimate of drug-likeness (QED) is 0.767. The van der Waals surface area contributed by atoms with Crippen molar-refractivity contribution >= 4 is 5.69 Å². The maximum Gasteiger partial charge on any atom is 0.0366 e. The number of benzene rings is 1. The third-order valence-corrected chi connectivity index (χ3v) is 3.06. The van der Waals surface area contributed by atoms with Crippen LogP contribution in [0, 0.1) is 0 Å². The highest BCUT2D eigenvalue weighted by atomic mass is 15.1. The Bertz CT molecular complexity index is 319. The van der Waals surface area contributed by atoms with Gasteiger partial charge >= 0.3 is 0 Å². The van der Waals surface area contributed by atoms with E-state index < -0.39 is 0 Å². The van der Waals surface area contributed by atoms with Gasteiger partial charge in [0.1, 0.15) is 0 Å². The zero-order valence-electron chi connectivity index (χ0n) is 12.0. The molecule has 0 aliphatic heterocycles. The number of nitrogens with two attached hydrogens (primary N) is 1. The largest absolute Gasteiger partial charge is 0.371 e.